The van der Waals surface area contributed by atoms with Gasteiger partial charge in [0.05, 0.1) is 14.2 Å². The van der Waals surface area contributed by atoms with Crippen molar-refractivity contribution in [3.05, 3.63) is 63.7 Å². The predicted octanol–water partition coefficient (Wildman–Crippen LogP) is 4.02. The zero-order valence-electron chi connectivity index (χ0n) is 19.6. The number of carbonyl (C=O) groups is 2. The van der Waals surface area contributed by atoms with Gasteiger partial charge in [-0.2, -0.15) is 0 Å². The van der Waals surface area contributed by atoms with Crippen LogP contribution in [0.2, 0.25) is 0 Å². The predicted molar refractivity (Wildman–Crippen MR) is 125 cm³/mol. The lowest BCUT2D eigenvalue weighted by atomic mass is 9.94. The molecule has 1 heterocycles. The minimum absolute atomic E-state index is 0.00666. The molecule has 0 saturated carbocycles. The van der Waals surface area contributed by atoms with E-state index in [9.17, 15) is 14.7 Å². The number of rotatable bonds is 10. The highest BCUT2D eigenvalue weighted by atomic mass is 16.5. The second-order valence-corrected chi connectivity index (χ2v) is 8.12. The van der Waals surface area contributed by atoms with E-state index in [0.717, 1.165) is 28.9 Å². The summed E-state index contributed by atoms with van der Waals surface area (Å²) in [6, 6.07) is 7.79. The van der Waals surface area contributed by atoms with Gasteiger partial charge in [-0.1, -0.05) is 23.8 Å². The molecule has 0 fully saturated rings. The smallest absolute Gasteiger partial charge is 0.342 e. The Kier molecular flexibility index (Phi) is 7.98. The molecule has 2 aromatic rings. The third-order valence-corrected chi connectivity index (χ3v) is 5.94. The normalized spacial score (nSPS) is 12.8. The average Bonchev–Trinajstić information content (AvgIpc) is 3.21. The number of ether oxygens (including phenoxy) is 3. The number of phenols is 1. The Morgan fingerprint density at radius 1 is 1.18 bits per heavy atom. The summed E-state index contributed by atoms with van der Waals surface area (Å²) in [5.41, 5.74) is 4.40. The number of carbonyl (C=O) groups excluding carboxylic acids is 2. The molecule has 0 radical (unpaired) electrons. The molecule has 33 heavy (non-hydrogen) atoms. The molecule has 0 atom stereocenters. The summed E-state index contributed by atoms with van der Waals surface area (Å²) in [4.78, 5) is 24.2. The molecule has 3 rings (SSSR count). The molecule has 1 amide bonds. The maximum atomic E-state index is 12.2. The number of phenolic OH excluding ortho intramolecular Hbond substituents is 1. The zero-order valence-corrected chi connectivity index (χ0v) is 19.6. The molecule has 2 N–H and O–H groups in total. The van der Waals surface area contributed by atoms with Crippen LogP contribution in [0.15, 0.2) is 35.9 Å². The number of methoxy groups -OCH3 is 2. The van der Waals surface area contributed by atoms with Crippen LogP contribution in [-0.4, -0.2) is 37.7 Å². The zero-order chi connectivity index (χ0) is 24.0. The first-order valence-electron chi connectivity index (χ1n) is 11.0. The number of benzene rings is 2. The fraction of sp³-hybridized carbons (Fsp3) is 0.385. The molecule has 0 aliphatic carbocycles. The highest BCUT2D eigenvalue weighted by Crippen LogP contribution is 2.42. The van der Waals surface area contributed by atoms with Crippen molar-refractivity contribution in [2.75, 3.05) is 20.8 Å². The van der Waals surface area contributed by atoms with Crippen molar-refractivity contribution in [2.24, 2.45) is 0 Å². The quantitative estimate of drug-likeness (QED) is 0.417. The summed E-state index contributed by atoms with van der Waals surface area (Å²) < 4.78 is 15.7. The largest absolute Gasteiger partial charge is 0.507 e. The summed E-state index contributed by atoms with van der Waals surface area (Å²) in [6.45, 7) is 4.52. The Hall–Kier alpha value is -3.48. The molecule has 2 aromatic carbocycles. The van der Waals surface area contributed by atoms with Gasteiger partial charge in [0, 0.05) is 24.1 Å². The van der Waals surface area contributed by atoms with Crippen molar-refractivity contribution < 1.29 is 28.9 Å². The molecule has 0 aromatic heterocycles. The monoisotopic (exact) mass is 453 g/mol. The van der Waals surface area contributed by atoms with E-state index in [1.807, 2.05) is 44.2 Å². The fourth-order valence-corrected chi connectivity index (χ4v) is 3.94. The maximum absolute atomic E-state index is 12.2. The Labute approximate surface area is 194 Å². The average molecular weight is 454 g/mol. The van der Waals surface area contributed by atoms with E-state index in [1.165, 1.54) is 0 Å². The third-order valence-electron chi connectivity index (χ3n) is 5.94. The lowest BCUT2D eigenvalue weighted by Gasteiger charge is -2.15. The van der Waals surface area contributed by atoms with E-state index < -0.39 is 5.97 Å². The van der Waals surface area contributed by atoms with E-state index in [-0.39, 0.29) is 23.8 Å². The standard InChI is InChI=1S/C26H31NO6/c1-16(6-12-22(28)27-14-13-18-7-9-19(31-3)10-8-18)5-11-20-24(29)23-21(15-33-26(23)30)17(2)25(20)32-4/h5,7-10,29H,6,11-15H2,1-4H3,(H,27,28)/b16-5+. The number of hydrogen-bond acceptors (Lipinski definition) is 6. The number of nitrogens with one attached hydrogen (secondary N) is 1. The maximum Gasteiger partial charge on any atom is 0.342 e. The summed E-state index contributed by atoms with van der Waals surface area (Å²) >= 11 is 0. The Balaban J connectivity index is 1.53. The number of esters is 1. The van der Waals surface area contributed by atoms with Crippen molar-refractivity contribution >= 4 is 11.9 Å². The summed E-state index contributed by atoms with van der Waals surface area (Å²) in [6.07, 6.45) is 4.08. The van der Waals surface area contributed by atoms with Crippen LogP contribution in [0.25, 0.3) is 0 Å². The molecule has 176 valence electrons. The second kappa shape index (κ2) is 10.9. The van der Waals surface area contributed by atoms with Crippen molar-refractivity contribution in [1.82, 2.24) is 5.32 Å². The Morgan fingerprint density at radius 3 is 2.58 bits per heavy atom. The summed E-state index contributed by atoms with van der Waals surface area (Å²) in [7, 11) is 3.18. The van der Waals surface area contributed by atoms with Crippen LogP contribution in [0.3, 0.4) is 0 Å². The molecular formula is C26H31NO6. The first kappa shape index (κ1) is 24.2. The number of hydrogen-bond donors (Lipinski definition) is 2. The second-order valence-electron chi connectivity index (χ2n) is 8.12. The van der Waals surface area contributed by atoms with Crippen LogP contribution in [0.5, 0.6) is 17.2 Å². The number of cyclic esters (lactones) is 1. The van der Waals surface area contributed by atoms with Gasteiger partial charge in [-0.05, 0) is 56.4 Å². The van der Waals surface area contributed by atoms with Crippen molar-refractivity contribution in [3.8, 4) is 17.2 Å². The summed E-state index contributed by atoms with van der Waals surface area (Å²) in [5, 5.41) is 13.6. The molecule has 0 unspecified atom stereocenters. The number of fused-ring (bicyclic) bond motifs is 1. The van der Waals surface area contributed by atoms with Gasteiger partial charge in [0.2, 0.25) is 5.91 Å². The van der Waals surface area contributed by atoms with Crippen LogP contribution < -0.4 is 14.8 Å². The van der Waals surface area contributed by atoms with E-state index >= 15 is 0 Å². The van der Waals surface area contributed by atoms with Crippen LogP contribution in [0, 0.1) is 6.92 Å². The molecule has 0 saturated heterocycles. The fourth-order valence-electron chi connectivity index (χ4n) is 3.94. The molecule has 0 bridgehead atoms. The van der Waals surface area contributed by atoms with Gasteiger partial charge in [-0.25, -0.2) is 4.79 Å². The highest BCUT2D eigenvalue weighted by molar-refractivity contribution is 5.98. The third kappa shape index (κ3) is 5.66. The topological polar surface area (TPSA) is 94.1 Å². The minimum atomic E-state index is -0.512. The van der Waals surface area contributed by atoms with Gasteiger partial charge in [0.1, 0.15) is 29.4 Å². The van der Waals surface area contributed by atoms with Crippen LogP contribution in [0.4, 0.5) is 0 Å². The minimum Gasteiger partial charge on any atom is -0.507 e. The molecule has 0 spiro atoms. The van der Waals surface area contributed by atoms with Crippen LogP contribution in [-0.2, 0) is 29.0 Å². The summed E-state index contributed by atoms with van der Waals surface area (Å²) in [5.74, 6) is 0.764. The van der Waals surface area contributed by atoms with E-state index in [0.29, 0.717) is 42.7 Å². The Bertz CT molecular complexity index is 1060. The number of aromatic hydroxyl groups is 1. The SMILES string of the molecule is COc1ccc(CCNC(=O)CC/C(C)=C/Cc2c(O)c3c(c(C)c2OC)COC3=O)cc1. The van der Waals surface area contributed by atoms with Gasteiger partial charge in [-0.3, -0.25) is 4.79 Å². The first-order valence-corrected chi connectivity index (χ1v) is 11.0. The van der Waals surface area contributed by atoms with Gasteiger partial charge in [-0.15, -0.1) is 0 Å². The first-order chi connectivity index (χ1) is 15.8. The van der Waals surface area contributed by atoms with Gasteiger partial charge < -0.3 is 24.6 Å². The molecule has 1 aliphatic heterocycles. The van der Waals surface area contributed by atoms with E-state index in [4.69, 9.17) is 14.2 Å². The number of allylic oxidation sites excluding steroid dienone is 2. The highest BCUT2D eigenvalue weighted by Gasteiger charge is 2.31. The molecule has 1 aliphatic rings. The van der Waals surface area contributed by atoms with Gasteiger partial charge in [0.15, 0.2) is 0 Å². The van der Waals surface area contributed by atoms with Crippen LogP contribution in [0.1, 0.15) is 52.4 Å². The Morgan fingerprint density at radius 2 is 1.91 bits per heavy atom. The number of amides is 1. The van der Waals surface area contributed by atoms with Crippen LogP contribution >= 0.6 is 0 Å². The lowest BCUT2D eigenvalue weighted by molar-refractivity contribution is -0.121. The molecule has 7 nitrogen and oxygen atoms in total. The van der Waals surface area contributed by atoms with Crippen molar-refractivity contribution in [2.45, 2.75) is 46.1 Å². The van der Waals surface area contributed by atoms with E-state index in [2.05, 4.69) is 5.32 Å². The van der Waals surface area contributed by atoms with E-state index in [1.54, 1.807) is 14.2 Å². The van der Waals surface area contributed by atoms with Crippen molar-refractivity contribution in [3.63, 3.8) is 0 Å². The molecule has 7 heteroatoms. The van der Waals surface area contributed by atoms with Gasteiger partial charge in [0.25, 0.3) is 0 Å². The van der Waals surface area contributed by atoms with Crippen molar-refractivity contribution in [1.29, 1.82) is 0 Å². The van der Waals surface area contributed by atoms with Gasteiger partial charge >= 0.3 is 5.97 Å². The molecular weight excluding hydrogens is 422 g/mol. The lowest BCUT2D eigenvalue weighted by Crippen LogP contribution is -2.25.